The van der Waals surface area contributed by atoms with Gasteiger partial charge in [-0.05, 0) is 25.0 Å². The van der Waals surface area contributed by atoms with Crippen LogP contribution in [0, 0.1) is 6.92 Å². The highest BCUT2D eigenvalue weighted by molar-refractivity contribution is 7.12. The number of hydrogen-bond acceptors (Lipinski definition) is 3. The van der Waals surface area contributed by atoms with Gasteiger partial charge in [0.05, 0.1) is 11.9 Å². The third kappa shape index (κ3) is 2.01. The minimum Gasteiger partial charge on any atom is -0.198 e. The number of H-pyrrole nitrogens is 1. The van der Waals surface area contributed by atoms with E-state index in [-0.39, 0.29) is 0 Å². The Labute approximate surface area is 87.2 Å². The van der Waals surface area contributed by atoms with Crippen molar-refractivity contribution in [2.75, 3.05) is 0 Å². The molecule has 0 fully saturated rings. The quantitative estimate of drug-likeness (QED) is 0.840. The summed E-state index contributed by atoms with van der Waals surface area (Å²) in [5.41, 5.74) is 1.03. The molecule has 4 heteroatoms. The molecule has 0 bridgehead atoms. The molecular formula is C10H13N3S. The van der Waals surface area contributed by atoms with Gasteiger partial charge in [0.2, 0.25) is 0 Å². The van der Waals surface area contributed by atoms with E-state index in [2.05, 4.69) is 41.4 Å². The summed E-state index contributed by atoms with van der Waals surface area (Å²) in [6.45, 7) is 4.36. The highest BCUT2D eigenvalue weighted by Crippen LogP contribution is 2.26. The Balaban J connectivity index is 2.06. The fraction of sp³-hybridized carbons (Fsp3) is 0.400. The standard InChI is InChI=1S/C10H13N3S/c1-7(5-9-6-11-13-12-9)10-4-3-8(2)14-10/h3-4,6-7H,5H2,1-2H3,(H,11,12,13). The lowest BCUT2D eigenvalue weighted by molar-refractivity contribution is 0.749. The molecule has 2 heterocycles. The number of nitrogens with one attached hydrogen (secondary N) is 1. The lowest BCUT2D eigenvalue weighted by atomic mass is 10.0. The van der Waals surface area contributed by atoms with E-state index in [4.69, 9.17) is 0 Å². The summed E-state index contributed by atoms with van der Waals surface area (Å²) in [5.74, 6) is 0.527. The van der Waals surface area contributed by atoms with Gasteiger partial charge in [0, 0.05) is 16.2 Å². The molecule has 2 aromatic heterocycles. The zero-order chi connectivity index (χ0) is 9.97. The highest BCUT2D eigenvalue weighted by Gasteiger charge is 2.09. The normalized spacial score (nSPS) is 13.0. The summed E-state index contributed by atoms with van der Waals surface area (Å²) in [6.07, 6.45) is 2.74. The van der Waals surface area contributed by atoms with Gasteiger partial charge in [-0.1, -0.05) is 6.92 Å². The Morgan fingerprint density at radius 2 is 2.36 bits per heavy atom. The second kappa shape index (κ2) is 3.92. The van der Waals surface area contributed by atoms with Crippen molar-refractivity contribution in [3.05, 3.63) is 33.8 Å². The van der Waals surface area contributed by atoms with Crippen molar-refractivity contribution >= 4 is 11.3 Å². The van der Waals surface area contributed by atoms with E-state index in [1.54, 1.807) is 6.20 Å². The molecule has 3 nitrogen and oxygen atoms in total. The van der Waals surface area contributed by atoms with Crippen molar-refractivity contribution in [2.45, 2.75) is 26.2 Å². The Bertz CT molecular complexity index is 391. The maximum absolute atomic E-state index is 4.06. The number of nitrogens with zero attached hydrogens (tertiary/aromatic N) is 2. The molecule has 0 spiro atoms. The Kier molecular flexibility index (Phi) is 2.63. The van der Waals surface area contributed by atoms with Gasteiger partial charge in [-0.2, -0.15) is 15.4 Å². The number of aromatic amines is 1. The van der Waals surface area contributed by atoms with Crippen LogP contribution >= 0.6 is 11.3 Å². The van der Waals surface area contributed by atoms with Crippen LogP contribution in [0.1, 0.15) is 28.3 Å². The topological polar surface area (TPSA) is 41.6 Å². The molecule has 2 aromatic rings. The summed E-state index contributed by atoms with van der Waals surface area (Å²) in [4.78, 5) is 2.79. The molecule has 0 saturated heterocycles. The molecule has 0 saturated carbocycles. The van der Waals surface area contributed by atoms with Gasteiger partial charge >= 0.3 is 0 Å². The minimum atomic E-state index is 0.527. The van der Waals surface area contributed by atoms with Crippen LogP contribution in [0.25, 0.3) is 0 Å². The summed E-state index contributed by atoms with van der Waals surface area (Å²) in [7, 11) is 0. The minimum absolute atomic E-state index is 0.527. The zero-order valence-electron chi connectivity index (χ0n) is 8.32. The van der Waals surface area contributed by atoms with Crippen LogP contribution in [-0.4, -0.2) is 15.4 Å². The summed E-state index contributed by atoms with van der Waals surface area (Å²) in [5, 5.41) is 10.5. The second-order valence-electron chi connectivity index (χ2n) is 3.51. The highest BCUT2D eigenvalue weighted by atomic mass is 32.1. The predicted molar refractivity (Wildman–Crippen MR) is 57.6 cm³/mol. The molecule has 74 valence electrons. The van der Waals surface area contributed by atoms with E-state index in [0.29, 0.717) is 5.92 Å². The third-order valence-electron chi connectivity index (χ3n) is 2.23. The number of rotatable bonds is 3. The molecule has 1 N–H and O–H groups in total. The van der Waals surface area contributed by atoms with Crippen LogP contribution in [0.2, 0.25) is 0 Å². The number of hydrogen-bond donors (Lipinski definition) is 1. The van der Waals surface area contributed by atoms with Gasteiger partial charge in [-0.25, -0.2) is 0 Å². The summed E-state index contributed by atoms with van der Waals surface area (Å²) >= 11 is 1.86. The molecule has 0 amide bonds. The van der Waals surface area contributed by atoms with Crippen molar-refractivity contribution in [1.29, 1.82) is 0 Å². The van der Waals surface area contributed by atoms with Crippen LogP contribution in [0.4, 0.5) is 0 Å². The van der Waals surface area contributed by atoms with E-state index in [1.165, 1.54) is 9.75 Å². The fourth-order valence-corrected chi connectivity index (χ4v) is 2.38. The number of aromatic nitrogens is 3. The third-order valence-corrected chi connectivity index (χ3v) is 3.46. The molecule has 0 aliphatic carbocycles. The Morgan fingerprint density at radius 3 is 2.93 bits per heavy atom. The molecule has 0 aromatic carbocycles. The summed E-state index contributed by atoms with van der Waals surface area (Å²) in [6, 6.07) is 4.37. The van der Waals surface area contributed by atoms with E-state index >= 15 is 0 Å². The van der Waals surface area contributed by atoms with Crippen LogP contribution < -0.4 is 0 Å². The molecular weight excluding hydrogens is 194 g/mol. The molecule has 14 heavy (non-hydrogen) atoms. The van der Waals surface area contributed by atoms with Crippen molar-refractivity contribution < 1.29 is 0 Å². The number of aryl methyl sites for hydroxylation is 1. The van der Waals surface area contributed by atoms with Gasteiger partial charge < -0.3 is 0 Å². The van der Waals surface area contributed by atoms with Crippen molar-refractivity contribution in [3.8, 4) is 0 Å². The van der Waals surface area contributed by atoms with Gasteiger partial charge in [0.1, 0.15) is 0 Å². The van der Waals surface area contributed by atoms with Gasteiger partial charge in [0.15, 0.2) is 0 Å². The zero-order valence-corrected chi connectivity index (χ0v) is 9.14. The monoisotopic (exact) mass is 207 g/mol. The maximum atomic E-state index is 4.06. The van der Waals surface area contributed by atoms with Gasteiger partial charge in [-0.15, -0.1) is 11.3 Å². The first-order chi connectivity index (χ1) is 6.75. The average molecular weight is 207 g/mol. The van der Waals surface area contributed by atoms with Crippen LogP contribution in [-0.2, 0) is 6.42 Å². The molecule has 0 aliphatic rings. The van der Waals surface area contributed by atoms with Crippen LogP contribution in [0.3, 0.4) is 0 Å². The van der Waals surface area contributed by atoms with E-state index in [0.717, 1.165) is 12.1 Å². The Morgan fingerprint density at radius 1 is 1.50 bits per heavy atom. The first kappa shape index (κ1) is 9.40. The van der Waals surface area contributed by atoms with E-state index in [9.17, 15) is 0 Å². The molecule has 1 atom stereocenters. The molecule has 0 aliphatic heterocycles. The summed E-state index contributed by atoms with van der Waals surface area (Å²) < 4.78 is 0. The number of thiophene rings is 1. The van der Waals surface area contributed by atoms with Gasteiger partial charge in [-0.3, -0.25) is 0 Å². The lowest BCUT2D eigenvalue weighted by Gasteiger charge is -2.05. The fourth-order valence-electron chi connectivity index (χ4n) is 1.46. The van der Waals surface area contributed by atoms with Crippen LogP contribution in [0.5, 0.6) is 0 Å². The van der Waals surface area contributed by atoms with Crippen LogP contribution in [0.15, 0.2) is 18.3 Å². The smallest absolute Gasteiger partial charge is 0.0830 e. The lowest BCUT2D eigenvalue weighted by Crippen LogP contribution is -1.96. The molecule has 2 rings (SSSR count). The molecule has 0 radical (unpaired) electrons. The van der Waals surface area contributed by atoms with Crippen molar-refractivity contribution in [1.82, 2.24) is 15.4 Å². The Hall–Kier alpha value is -1.16. The van der Waals surface area contributed by atoms with Crippen molar-refractivity contribution in [2.24, 2.45) is 0 Å². The van der Waals surface area contributed by atoms with E-state index < -0.39 is 0 Å². The second-order valence-corrected chi connectivity index (χ2v) is 4.83. The van der Waals surface area contributed by atoms with Gasteiger partial charge in [0.25, 0.3) is 0 Å². The van der Waals surface area contributed by atoms with E-state index in [1.807, 2.05) is 11.3 Å². The van der Waals surface area contributed by atoms with Crippen molar-refractivity contribution in [3.63, 3.8) is 0 Å². The average Bonchev–Trinajstić information content (AvgIpc) is 2.75. The predicted octanol–water partition coefficient (Wildman–Crippen LogP) is 2.52. The first-order valence-corrected chi connectivity index (χ1v) is 5.48. The SMILES string of the molecule is Cc1ccc(C(C)Cc2cn[nH]n2)s1. The first-order valence-electron chi connectivity index (χ1n) is 4.66. The largest absolute Gasteiger partial charge is 0.198 e. The molecule has 1 unspecified atom stereocenters. The maximum Gasteiger partial charge on any atom is 0.0830 e.